The van der Waals surface area contributed by atoms with Gasteiger partial charge in [-0.15, -0.1) is 0 Å². The number of likely N-dealkylation sites (N-methyl/N-ethyl adjacent to an activating group) is 1. The van der Waals surface area contributed by atoms with Crippen LogP contribution < -0.4 is 4.74 Å². The Kier molecular flexibility index (Phi) is 6.18. The van der Waals surface area contributed by atoms with Crippen LogP contribution in [0.5, 0.6) is 5.75 Å². The quantitative estimate of drug-likeness (QED) is 0.391. The normalized spacial score (nSPS) is 12.0. The molecule has 0 N–H and O–H groups in total. The van der Waals surface area contributed by atoms with Gasteiger partial charge in [0.2, 0.25) is 11.7 Å². The molecule has 0 aliphatic heterocycles. The maximum Gasteiger partial charge on any atom is 0.263 e. The number of fused-ring (bicyclic) bond motifs is 1. The number of benzene rings is 3. The van der Waals surface area contributed by atoms with Crippen molar-refractivity contribution in [3.05, 3.63) is 77.6 Å². The topological polar surface area (TPSA) is 68.5 Å². The molecular formula is C24H22ClN3O3. The largest absolute Gasteiger partial charge is 0.480 e. The third kappa shape index (κ3) is 4.54. The van der Waals surface area contributed by atoms with Crippen LogP contribution in [0, 0.1) is 0 Å². The minimum atomic E-state index is -0.623. The second kappa shape index (κ2) is 9.18. The van der Waals surface area contributed by atoms with Crippen molar-refractivity contribution in [2.45, 2.75) is 26.0 Å². The zero-order valence-electron chi connectivity index (χ0n) is 17.3. The van der Waals surface area contributed by atoms with E-state index in [0.717, 1.165) is 10.8 Å². The minimum absolute atomic E-state index is 0.159. The van der Waals surface area contributed by atoms with Crippen LogP contribution in [0.25, 0.3) is 22.2 Å². The van der Waals surface area contributed by atoms with Crippen LogP contribution in [-0.4, -0.2) is 34.1 Å². The third-order valence-electron chi connectivity index (χ3n) is 5.00. The number of ether oxygens (including phenoxy) is 1. The Labute approximate surface area is 185 Å². The standard InChI is InChI=1S/C24H22ClN3O3/c1-3-20(30-21-14-8-10-16-9-4-5-11-17(16)21)24(29)28(2)15-22-26-23(27-31-22)18-12-6-7-13-19(18)25/h4-14,20H,3,15H2,1-2H3/t20-/m1/s1. The summed E-state index contributed by atoms with van der Waals surface area (Å²) in [7, 11) is 1.69. The number of aromatic nitrogens is 2. The first-order chi connectivity index (χ1) is 15.1. The number of nitrogens with zero attached hydrogens (tertiary/aromatic N) is 3. The molecule has 3 aromatic carbocycles. The number of rotatable bonds is 7. The molecule has 0 saturated heterocycles. The van der Waals surface area contributed by atoms with E-state index >= 15 is 0 Å². The maximum absolute atomic E-state index is 13.0. The molecule has 0 unspecified atom stereocenters. The van der Waals surface area contributed by atoms with Gasteiger partial charge < -0.3 is 14.2 Å². The molecule has 1 atom stereocenters. The van der Waals surface area contributed by atoms with Gasteiger partial charge in [0.25, 0.3) is 5.91 Å². The second-order valence-electron chi connectivity index (χ2n) is 7.18. The first kappa shape index (κ1) is 20.9. The zero-order valence-corrected chi connectivity index (χ0v) is 18.0. The van der Waals surface area contributed by atoms with Gasteiger partial charge in [0.05, 0.1) is 11.6 Å². The van der Waals surface area contributed by atoms with E-state index in [9.17, 15) is 4.79 Å². The predicted molar refractivity (Wildman–Crippen MR) is 120 cm³/mol. The molecule has 1 heterocycles. The number of carbonyl (C=O) groups is 1. The van der Waals surface area contributed by atoms with Crippen molar-refractivity contribution < 1.29 is 14.1 Å². The summed E-state index contributed by atoms with van der Waals surface area (Å²) < 4.78 is 11.4. The van der Waals surface area contributed by atoms with Crippen LogP contribution >= 0.6 is 11.6 Å². The van der Waals surface area contributed by atoms with E-state index < -0.39 is 6.10 Å². The molecule has 158 valence electrons. The molecule has 1 aromatic heterocycles. The van der Waals surface area contributed by atoms with Crippen molar-refractivity contribution in [3.63, 3.8) is 0 Å². The van der Waals surface area contributed by atoms with Gasteiger partial charge in [-0.25, -0.2) is 0 Å². The highest BCUT2D eigenvalue weighted by atomic mass is 35.5. The SMILES string of the molecule is CC[C@@H](Oc1cccc2ccccc12)C(=O)N(C)Cc1nc(-c2ccccc2Cl)no1. The summed E-state index contributed by atoms with van der Waals surface area (Å²) in [5.74, 6) is 1.24. The van der Waals surface area contributed by atoms with Crippen molar-refractivity contribution >= 4 is 28.3 Å². The fourth-order valence-corrected chi connectivity index (χ4v) is 3.58. The molecule has 1 amide bonds. The fourth-order valence-electron chi connectivity index (χ4n) is 3.36. The van der Waals surface area contributed by atoms with Crippen LogP contribution in [0.3, 0.4) is 0 Å². The van der Waals surface area contributed by atoms with Crippen LogP contribution in [-0.2, 0) is 11.3 Å². The van der Waals surface area contributed by atoms with Crippen molar-refractivity contribution in [2.24, 2.45) is 0 Å². The van der Waals surface area contributed by atoms with Gasteiger partial charge in [-0.3, -0.25) is 4.79 Å². The van der Waals surface area contributed by atoms with E-state index in [1.165, 1.54) is 4.90 Å². The molecule has 0 saturated carbocycles. The molecule has 0 aliphatic carbocycles. The highest BCUT2D eigenvalue weighted by Gasteiger charge is 2.24. The Morgan fingerprint density at radius 3 is 2.65 bits per heavy atom. The van der Waals surface area contributed by atoms with Gasteiger partial charge in [0.15, 0.2) is 6.10 Å². The second-order valence-corrected chi connectivity index (χ2v) is 7.59. The summed E-state index contributed by atoms with van der Waals surface area (Å²) >= 11 is 6.20. The molecule has 6 nitrogen and oxygen atoms in total. The number of halogens is 1. The van der Waals surface area contributed by atoms with Gasteiger partial charge in [0, 0.05) is 18.0 Å². The van der Waals surface area contributed by atoms with E-state index in [0.29, 0.717) is 34.5 Å². The lowest BCUT2D eigenvalue weighted by Gasteiger charge is -2.23. The highest BCUT2D eigenvalue weighted by molar-refractivity contribution is 6.33. The van der Waals surface area contributed by atoms with Crippen molar-refractivity contribution in [1.29, 1.82) is 0 Å². The summed E-state index contributed by atoms with van der Waals surface area (Å²) in [6, 6.07) is 21.0. The van der Waals surface area contributed by atoms with Gasteiger partial charge in [0.1, 0.15) is 5.75 Å². The number of carbonyl (C=O) groups excluding carboxylic acids is 1. The Morgan fingerprint density at radius 2 is 1.84 bits per heavy atom. The summed E-state index contributed by atoms with van der Waals surface area (Å²) in [6.45, 7) is 2.09. The lowest BCUT2D eigenvalue weighted by atomic mass is 10.1. The molecule has 0 radical (unpaired) electrons. The van der Waals surface area contributed by atoms with E-state index in [1.54, 1.807) is 13.1 Å². The van der Waals surface area contributed by atoms with Crippen LogP contribution in [0.4, 0.5) is 0 Å². The molecule has 7 heteroatoms. The van der Waals surface area contributed by atoms with Gasteiger partial charge in [-0.1, -0.05) is 72.2 Å². The van der Waals surface area contributed by atoms with E-state index in [-0.39, 0.29) is 12.5 Å². The maximum atomic E-state index is 13.0. The Bertz CT molecular complexity index is 1200. The highest BCUT2D eigenvalue weighted by Crippen LogP contribution is 2.27. The molecule has 0 aliphatic rings. The summed E-state index contributed by atoms with van der Waals surface area (Å²) in [4.78, 5) is 18.9. The molecule has 31 heavy (non-hydrogen) atoms. The van der Waals surface area contributed by atoms with Crippen molar-refractivity contribution in [1.82, 2.24) is 15.0 Å². The lowest BCUT2D eigenvalue weighted by molar-refractivity contribution is -0.138. The van der Waals surface area contributed by atoms with E-state index in [1.807, 2.05) is 67.6 Å². The Hall–Kier alpha value is -3.38. The average Bonchev–Trinajstić information content (AvgIpc) is 3.25. The van der Waals surface area contributed by atoms with E-state index in [2.05, 4.69) is 10.1 Å². The Morgan fingerprint density at radius 1 is 1.10 bits per heavy atom. The number of hydrogen-bond acceptors (Lipinski definition) is 5. The van der Waals surface area contributed by atoms with Gasteiger partial charge in [-0.2, -0.15) is 4.98 Å². The van der Waals surface area contributed by atoms with Crippen molar-refractivity contribution in [2.75, 3.05) is 7.05 Å². The first-order valence-corrected chi connectivity index (χ1v) is 10.4. The van der Waals surface area contributed by atoms with Crippen LogP contribution in [0.15, 0.2) is 71.3 Å². The van der Waals surface area contributed by atoms with Gasteiger partial charge >= 0.3 is 0 Å². The van der Waals surface area contributed by atoms with Gasteiger partial charge in [-0.05, 0) is 30.0 Å². The fraction of sp³-hybridized carbons (Fsp3) is 0.208. The van der Waals surface area contributed by atoms with Crippen LogP contribution in [0.1, 0.15) is 19.2 Å². The molecular weight excluding hydrogens is 414 g/mol. The third-order valence-corrected chi connectivity index (χ3v) is 5.33. The monoisotopic (exact) mass is 435 g/mol. The average molecular weight is 436 g/mol. The van der Waals surface area contributed by atoms with E-state index in [4.69, 9.17) is 20.9 Å². The Balaban J connectivity index is 1.47. The van der Waals surface area contributed by atoms with Crippen LogP contribution in [0.2, 0.25) is 5.02 Å². The summed E-state index contributed by atoms with van der Waals surface area (Å²) in [5.41, 5.74) is 0.680. The molecule has 0 spiro atoms. The predicted octanol–water partition coefficient (Wildman–Crippen LogP) is 5.36. The molecule has 4 rings (SSSR count). The first-order valence-electron chi connectivity index (χ1n) is 10.0. The van der Waals surface area contributed by atoms with Crippen molar-refractivity contribution in [3.8, 4) is 17.1 Å². The minimum Gasteiger partial charge on any atom is -0.480 e. The number of amides is 1. The lowest BCUT2D eigenvalue weighted by Crippen LogP contribution is -2.39. The molecule has 4 aromatic rings. The molecule has 0 bridgehead atoms. The number of hydrogen-bond donors (Lipinski definition) is 0. The smallest absolute Gasteiger partial charge is 0.263 e. The zero-order chi connectivity index (χ0) is 21.8. The summed E-state index contributed by atoms with van der Waals surface area (Å²) in [5, 5.41) is 6.56. The summed E-state index contributed by atoms with van der Waals surface area (Å²) in [6.07, 6.45) is -0.0945. The molecule has 0 fully saturated rings.